The number of amides is 2. The van der Waals surface area contributed by atoms with Crippen molar-refractivity contribution in [2.75, 3.05) is 18.5 Å². The summed E-state index contributed by atoms with van der Waals surface area (Å²) in [4.78, 5) is 12.5. The van der Waals surface area contributed by atoms with Crippen LogP contribution in [0.4, 0.5) is 10.5 Å². The number of hydrogen-bond acceptors (Lipinski definition) is 2. The predicted molar refractivity (Wildman–Crippen MR) is 64.4 cm³/mol. The number of primary amides is 1. The van der Waals surface area contributed by atoms with Gasteiger partial charge in [0.1, 0.15) is 0 Å². The summed E-state index contributed by atoms with van der Waals surface area (Å²) < 4.78 is 0. The zero-order valence-electron chi connectivity index (χ0n) is 9.44. The fraction of sp³-hybridized carbons (Fsp3) is 0.417. The Bertz CT molecular complexity index is 386. The van der Waals surface area contributed by atoms with Crippen LogP contribution in [0.3, 0.4) is 0 Å². The van der Waals surface area contributed by atoms with Gasteiger partial charge in [-0.25, -0.2) is 4.79 Å². The molecule has 0 aliphatic carbocycles. The van der Waals surface area contributed by atoms with Gasteiger partial charge in [0.25, 0.3) is 0 Å². The molecule has 0 radical (unpaired) electrons. The minimum absolute atomic E-state index is 0.418. The lowest BCUT2D eigenvalue weighted by molar-refractivity contribution is 0.255. The standard InChI is InChI=1S/C12H17N3O/c1-15(12(13)16)10-5-2-4-9(8-10)11-6-3-7-14-11/h2,4-5,8,11,14H,3,6-7H2,1H3,(H2,13,16). The molecule has 1 atom stereocenters. The average Bonchev–Trinajstić information content (AvgIpc) is 2.81. The largest absolute Gasteiger partial charge is 0.351 e. The number of rotatable bonds is 2. The van der Waals surface area contributed by atoms with Gasteiger partial charge >= 0.3 is 6.03 Å². The van der Waals surface area contributed by atoms with E-state index in [1.54, 1.807) is 7.05 Å². The highest BCUT2D eigenvalue weighted by molar-refractivity contribution is 5.90. The Morgan fingerprint density at radius 1 is 1.56 bits per heavy atom. The van der Waals surface area contributed by atoms with E-state index in [-0.39, 0.29) is 0 Å². The molecule has 0 saturated carbocycles. The van der Waals surface area contributed by atoms with Crippen molar-refractivity contribution in [3.8, 4) is 0 Å². The summed E-state index contributed by atoms with van der Waals surface area (Å²) in [6.07, 6.45) is 2.37. The molecule has 16 heavy (non-hydrogen) atoms. The van der Waals surface area contributed by atoms with Crippen LogP contribution in [0, 0.1) is 0 Å². The minimum Gasteiger partial charge on any atom is -0.351 e. The molecule has 4 heteroatoms. The summed E-state index contributed by atoms with van der Waals surface area (Å²) >= 11 is 0. The zero-order chi connectivity index (χ0) is 11.5. The molecule has 1 aromatic rings. The lowest BCUT2D eigenvalue weighted by Gasteiger charge is -2.17. The number of nitrogens with two attached hydrogens (primary N) is 1. The van der Waals surface area contributed by atoms with Crippen molar-refractivity contribution in [3.63, 3.8) is 0 Å². The molecule has 1 unspecified atom stereocenters. The third kappa shape index (κ3) is 2.17. The Labute approximate surface area is 95.4 Å². The van der Waals surface area contributed by atoms with Crippen LogP contribution in [0.1, 0.15) is 24.4 Å². The number of benzene rings is 1. The van der Waals surface area contributed by atoms with Gasteiger partial charge in [-0.3, -0.25) is 4.90 Å². The molecular formula is C12H17N3O. The molecule has 1 aromatic carbocycles. The summed E-state index contributed by atoms with van der Waals surface area (Å²) in [6, 6.07) is 7.94. The van der Waals surface area contributed by atoms with E-state index in [2.05, 4.69) is 11.4 Å². The Hall–Kier alpha value is -1.55. The molecule has 0 aromatic heterocycles. The Kier molecular flexibility index (Phi) is 3.10. The van der Waals surface area contributed by atoms with Crippen LogP contribution in [-0.4, -0.2) is 19.6 Å². The van der Waals surface area contributed by atoms with E-state index in [9.17, 15) is 4.79 Å². The van der Waals surface area contributed by atoms with Gasteiger partial charge < -0.3 is 11.1 Å². The van der Waals surface area contributed by atoms with Crippen molar-refractivity contribution < 1.29 is 4.79 Å². The molecule has 1 fully saturated rings. The van der Waals surface area contributed by atoms with Crippen LogP contribution in [0.25, 0.3) is 0 Å². The second-order valence-corrected chi connectivity index (χ2v) is 4.14. The number of urea groups is 1. The average molecular weight is 219 g/mol. The fourth-order valence-electron chi connectivity index (χ4n) is 2.05. The first-order valence-electron chi connectivity index (χ1n) is 5.55. The number of nitrogens with one attached hydrogen (secondary N) is 1. The van der Waals surface area contributed by atoms with Crippen LogP contribution < -0.4 is 16.0 Å². The molecule has 1 aliphatic rings. The summed E-state index contributed by atoms with van der Waals surface area (Å²) in [6.45, 7) is 1.07. The van der Waals surface area contributed by atoms with Crippen molar-refractivity contribution >= 4 is 11.7 Å². The van der Waals surface area contributed by atoms with Crippen molar-refractivity contribution in [1.29, 1.82) is 0 Å². The van der Waals surface area contributed by atoms with Crippen molar-refractivity contribution in [1.82, 2.24) is 5.32 Å². The SMILES string of the molecule is CN(C(N)=O)c1cccc(C2CCCN2)c1. The molecule has 2 amide bonds. The molecular weight excluding hydrogens is 202 g/mol. The fourth-order valence-corrected chi connectivity index (χ4v) is 2.05. The maximum absolute atomic E-state index is 11.1. The van der Waals surface area contributed by atoms with Gasteiger partial charge in [-0.2, -0.15) is 0 Å². The van der Waals surface area contributed by atoms with Gasteiger partial charge in [0.05, 0.1) is 0 Å². The van der Waals surface area contributed by atoms with Gasteiger partial charge in [0.2, 0.25) is 0 Å². The van der Waals surface area contributed by atoms with Crippen LogP contribution in [-0.2, 0) is 0 Å². The number of carbonyl (C=O) groups is 1. The van der Waals surface area contributed by atoms with Gasteiger partial charge in [-0.1, -0.05) is 12.1 Å². The summed E-state index contributed by atoms with van der Waals surface area (Å²) in [7, 11) is 1.68. The van der Waals surface area contributed by atoms with Crippen LogP contribution in [0.15, 0.2) is 24.3 Å². The summed E-state index contributed by atoms with van der Waals surface area (Å²) in [5.74, 6) is 0. The van der Waals surface area contributed by atoms with Gasteiger partial charge in [-0.15, -0.1) is 0 Å². The van der Waals surface area contributed by atoms with Gasteiger partial charge in [0, 0.05) is 18.8 Å². The third-order valence-electron chi connectivity index (χ3n) is 3.05. The maximum atomic E-state index is 11.1. The molecule has 86 valence electrons. The molecule has 0 bridgehead atoms. The lowest BCUT2D eigenvalue weighted by atomic mass is 10.0. The van der Waals surface area contributed by atoms with Crippen molar-refractivity contribution in [3.05, 3.63) is 29.8 Å². The monoisotopic (exact) mass is 219 g/mol. The smallest absolute Gasteiger partial charge is 0.318 e. The molecule has 1 saturated heterocycles. The van der Waals surface area contributed by atoms with E-state index in [4.69, 9.17) is 5.73 Å². The van der Waals surface area contributed by atoms with E-state index in [0.29, 0.717) is 6.04 Å². The van der Waals surface area contributed by atoms with E-state index < -0.39 is 6.03 Å². The lowest BCUT2D eigenvalue weighted by Crippen LogP contribution is -2.31. The van der Waals surface area contributed by atoms with E-state index in [0.717, 1.165) is 18.7 Å². The first-order valence-corrected chi connectivity index (χ1v) is 5.55. The highest BCUT2D eigenvalue weighted by atomic mass is 16.2. The molecule has 2 rings (SSSR count). The van der Waals surface area contributed by atoms with Gasteiger partial charge in [-0.05, 0) is 37.1 Å². The van der Waals surface area contributed by atoms with E-state index in [1.165, 1.54) is 16.9 Å². The van der Waals surface area contributed by atoms with E-state index >= 15 is 0 Å². The molecule has 0 spiro atoms. The first-order chi connectivity index (χ1) is 7.68. The van der Waals surface area contributed by atoms with E-state index in [1.807, 2.05) is 18.2 Å². The third-order valence-corrected chi connectivity index (χ3v) is 3.05. The predicted octanol–water partition coefficient (Wildman–Crippen LogP) is 1.63. The normalized spacial score (nSPS) is 19.7. The van der Waals surface area contributed by atoms with Crippen LogP contribution >= 0.6 is 0 Å². The van der Waals surface area contributed by atoms with Crippen LogP contribution in [0.2, 0.25) is 0 Å². The van der Waals surface area contributed by atoms with Gasteiger partial charge in [0.15, 0.2) is 0 Å². The Morgan fingerprint density at radius 2 is 2.38 bits per heavy atom. The highest BCUT2D eigenvalue weighted by Gasteiger charge is 2.17. The Morgan fingerprint density at radius 3 is 3.00 bits per heavy atom. The van der Waals surface area contributed by atoms with Crippen molar-refractivity contribution in [2.24, 2.45) is 5.73 Å². The second kappa shape index (κ2) is 4.53. The Balaban J connectivity index is 2.21. The summed E-state index contributed by atoms with van der Waals surface area (Å²) in [5.41, 5.74) is 7.31. The number of hydrogen-bond donors (Lipinski definition) is 2. The quantitative estimate of drug-likeness (QED) is 0.794. The van der Waals surface area contributed by atoms with Crippen LogP contribution in [0.5, 0.6) is 0 Å². The molecule has 4 nitrogen and oxygen atoms in total. The first kappa shape index (κ1) is 11.0. The number of anilines is 1. The molecule has 1 heterocycles. The zero-order valence-corrected chi connectivity index (χ0v) is 9.44. The summed E-state index contributed by atoms with van der Waals surface area (Å²) in [5, 5.41) is 3.43. The topological polar surface area (TPSA) is 58.4 Å². The maximum Gasteiger partial charge on any atom is 0.318 e. The molecule has 1 aliphatic heterocycles. The number of nitrogens with zero attached hydrogens (tertiary/aromatic N) is 1. The van der Waals surface area contributed by atoms with Crippen molar-refractivity contribution in [2.45, 2.75) is 18.9 Å². The number of carbonyl (C=O) groups excluding carboxylic acids is 1. The highest BCUT2D eigenvalue weighted by Crippen LogP contribution is 2.25. The molecule has 3 N–H and O–H groups in total. The minimum atomic E-state index is -0.434. The second-order valence-electron chi connectivity index (χ2n) is 4.14.